The summed E-state index contributed by atoms with van der Waals surface area (Å²) in [4.78, 5) is 5.16. The minimum Gasteiger partial charge on any atom is -0.254 e. The fraction of sp³-hybridized carbons (Fsp3) is 0.154. The van der Waals surface area contributed by atoms with Crippen LogP contribution in [0.25, 0.3) is 0 Å². The van der Waals surface area contributed by atoms with E-state index in [1.165, 1.54) is 22.7 Å². The molecule has 0 bridgehead atoms. The molecule has 148 valence electrons. The topological polar surface area (TPSA) is 93.2 Å². The number of nitrogens with one attached hydrogen (secondary N) is 1. The Morgan fingerprint density at radius 2 is 1.52 bits per heavy atom. The van der Waals surface area contributed by atoms with Gasteiger partial charge in [-0.15, -0.1) is 34.0 Å². The fourth-order valence-corrected chi connectivity index (χ4v) is 9.51. The predicted molar refractivity (Wildman–Crippen MR) is 119 cm³/mol. The highest BCUT2D eigenvalue weighted by Crippen LogP contribution is 2.31. The Labute approximate surface area is 190 Å². The van der Waals surface area contributed by atoms with Gasteiger partial charge in [0.2, 0.25) is 0 Å². The first-order valence-electron chi connectivity index (χ1n) is 6.79. The second-order valence-electron chi connectivity index (χ2n) is 4.82. The normalized spacial score (nSPS) is 11.7. The lowest BCUT2D eigenvalue weighted by molar-refractivity contribution is 0.602. The zero-order valence-corrected chi connectivity index (χ0v) is 21.6. The smallest absolute Gasteiger partial charge is 0.254 e. The molecule has 0 atom stereocenters. The fourth-order valence-electron chi connectivity index (χ4n) is 1.60. The molecule has 0 aromatic carbocycles. The number of nitrogens with zero attached hydrogens (tertiary/aromatic N) is 1. The van der Waals surface area contributed by atoms with Gasteiger partial charge in [-0.25, -0.2) is 21.8 Å². The summed E-state index contributed by atoms with van der Waals surface area (Å²) < 4.78 is 49.4. The first kappa shape index (κ1) is 23.3. The number of thiophene rings is 2. The maximum atomic E-state index is 12.0. The Morgan fingerprint density at radius 1 is 1.00 bits per heavy atom. The monoisotopic (exact) mass is 612 g/mol. The third-order valence-electron chi connectivity index (χ3n) is 2.88. The van der Waals surface area contributed by atoms with Crippen molar-refractivity contribution in [2.24, 2.45) is 0 Å². The van der Waals surface area contributed by atoms with Gasteiger partial charge in [-0.05, 0) is 68.6 Å². The number of anilines is 1. The van der Waals surface area contributed by atoms with Crippen molar-refractivity contribution in [1.82, 2.24) is 4.98 Å². The second-order valence-corrected chi connectivity index (χ2v) is 14.2. The molecule has 27 heavy (non-hydrogen) atoms. The molecule has 0 amide bonds. The van der Waals surface area contributed by atoms with E-state index in [0.29, 0.717) is 14.1 Å². The number of hydrogen-bond donors (Lipinski definition) is 1. The molecule has 0 aliphatic rings. The van der Waals surface area contributed by atoms with Crippen LogP contribution < -0.4 is 4.72 Å². The van der Waals surface area contributed by atoms with Crippen LogP contribution >= 0.6 is 76.6 Å². The Kier molecular flexibility index (Phi) is 7.93. The van der Waals surface area contributed by atoms with Gasteiger partial charge < -0.3 is 0 Å². The van der Waals surface area contributed by atoms with Crippen LogP contribution in [0.3, 0.4) is 0 Å². The molecule has 1 N–H and O–H groups in total. The van der Waals surface area contributed by atoms with Crippen molar-refractivity contribution in [3.63, 3.8) is 0 Å². The number of rotatable bonds is 4. The van der Waals surface area contributed by atoms with E-state index in [4.69, 9.17) is 10.7 Å². The molecule has 0 spiro atoms. The Bertz CT molecular complexity index is 1130. The van der Waals surface area contributed by atoms with Crippen LogP contribution in [0.5, 0.6) is 0 Å². The van der Waals surface area contributed by atoms with Gasteiger partial charge in [0.1, 0.15) is 4.21 Å². The summed E-state index contributed by atoms with van der Waals surface area (Å²) in [5, 5.41) is 3.77. The number of sulfonamides is 1. The van der Waals surface area contributed by atoms with Crippen LogP contribution in [0.2, 0.25) is 0 Å². The van der Waals surface area contributed by atoms with Crippen molar-refractivity contribution in [2.75, 3.05) is 4.72 Å². The summed E-state index contributed by atoms with van der Waals surface area (Å²) in [6.07, 6.45) is 0. The SMILES string of the molecule is Cc1nc(NS(=O)(=O)c2sccc2Br)sc1C.O=S(=O)(Cl)c1sccc1Br. The van der Waals surface area contributed by atoms with Crippen molar-refractivity contribution >= 4 is 101 Å². The van der Waals surface area contributed by atoms with Crippen LogP contribution in [0.1, 0.15) is 10.6 Å². The molecule has 0 aliphatic heterocycles. The number of halogens is 3. The lowest BCUT2D eigenvalue weighted by atomic mass is 10.4. The van der Waals surface area contributed by atoms with Gasteiger partial charge in [-0.1, -0.05) is 0 Å². The average molecular weight is 615 g/mol. The van der Waals surface area contributed by atoms with Gasteiger partial charge in [0.15, 0.2) is 9.34 Å². The zero-order chi connectivity index (χ0) is 20.4. The molecule has 0 fully saturated rings. The van der Waals surface area contributed by atoms with E-state index in [9.17, 15) is 16.8 Å². The highest BCUT2D eigenvalue weighted by atomic mass is 79.9. The maximum absolute atomic E-state index is 12.0. The molecule has 0 aliphatic carbocycles. The van der Waals surface area contributed by atoms with Crippen LogP contribution in [0.4, 0.5) is 5.13 Å². The standard InChI is InChI=1S/C9H9BrN2O2S3.C4H2BrClO2S2/c1-5-6(2)16-9(11-5)12-17(13,14)8-7(10)3-4-15-8;5-3-1-2-9-4(3)10(6,7)8/h3-4H,1-2H3,(H,11,12);1-2H. The maximum Gasteiger partial charge on any atom is 0.274 e. The summed E-state index contributed by atoms with van der Waals surface area (Å²) in [5.41, 5.74) is 0.845. The zero-order valence-electron chi connectivity index (χ0n) is 13.6. The van der Waals surface area contributed by atoms with Crippen LogP contribution in [-0.2, 0) is 19.1 Å². The third-order valence-corrected chi connectivity index (χ3v) is 12.3. The number of aromatic nitrogens is 1. The van der Waals surface area contributed by atoms with Crippen LogP contribution in [0, 0.1) is 13.8 Å². The molecule has 3 aromatic heterocycles. The Hall–Kier alpha value is -0.0200. The average Bonchev–Trinajstić information content (AvgIpc) is 3.21. The van der Waals surface area contributed by atoms with Crippen molar-refractivity contribution < 1.29 is 16.8 Å². The summed E-state index contributed by atoms with van der Waals surface area (Å²) in [6.45, 7) is 3.76. The van der Waals surface area contributed by atoms with Gasteiger partial charge >= 0.3 is 0 Å². The van der Waals surface area contributed by atoms with Crippen LogP contribution in [-0.4, -0.2) is 21.8 Å². The van der Waals surface area contributed by atoms with E-state index < -0.39 is 19.1 Å². The number of thiazole rings is 1. The highest BCUT2D eigenvalue weighted by Gasteiger charge is 2.21. The second kappa shape index (κ2) is 9.20. The van der Waals surface area contributed by atoms with E-state index in [2.05, 4.69) is 41.6 Å². The van der Waals surface area contributed by atoms with Gasteiger partial charge in [-0.3, -0.25) is 4.72 Å². The van der Waals surface area contributed by atoms with E-state index in [-0.39, 0.29) is 8.42 Å². The minimum absolute atomic E-state index is 0.161. The Balaban J connectivity index is 0.000000223. The molecule has 0 unspecified atom stereocenters. The van der Waals surface area contributed by atoms with Crippen molar-refractivity contribution in [2.45, 2.75) is 22.3 Å². The largest absolute Gasteiger partial charge is 0.274 e. The highest BCUT2D eigenvalue weighted by molar-refractivity contribution is 9.10. The van der Waals surface area contributed by atoms with Crippen LogP contribution in [0.15, 0.2) is 40.3 Å². The summed E-state index contributed by atoms with van der Waals surface area (Å²) in [6, 6.07) is 3.34. The lowest BCUT2D eigenvalue weighted by Gasteiger charge is -2.02. The summed E-state index contributed by atoms with van der Waals surface area (Å²) >= 11 is 9.85. The van der Waals surface area contributed by atoms with Crippen molar-refractivity contribution in [1.29, 1.82) is 0 Å². The summed E-state index contributed by atoms with van der Waals surface area (Å²) in [5.74, 6) is 0. The molecule has 0 radical (unpaired) electrons. The molecule has 3 rings (SSSR count). The molecule has 3 heterocycles. The van der Waals surface area contributed by atoms with E-state index in [1.807, 2.05) is 13.8 Å². The summed E-state index contributed by atoms with van der Waals surface area (Å²) in [7, 11) is -2.02. The Morgan fingerprint density at radius 3 is 1.85 bits per heavy atom. The van der Waals surface area contributed by atoms with Gasteiger partial charge in [0, 0.05) is 24.5 Å². The van der Waals surface area contributed by atoms with E-state index >= 15 is 0 Å². The van der Waals surface area contributed by atoms with Crippen molar-refractivity contribution in [3.05, 3.63) is 42.4 Å². The van der Waals surface area contributed by atoms with E-state index in [1.54, 1.807) is 22.9 Å². The van der Waals surface area contributed by atoms with E-state index in [0.717, 1.165) is 21.9 Å². The molecule has 14 heteroatoms. The molecule has 0 saturated heterocycles. The molecule has 0 saturated carbocycles. The minimum atomic E-state index is -3.55. The van der Waals surface area contributed by atoms with Gasteiger partial charge in [0.25, 0.3) is 19.1 Å². The number of hydrogen-bond acceptors (Lipinski definition) is 8. The third kappa shape index (κ3) is 6.23. The molecular formula is C13H11Br2ClN2O4S5. The van der Waals surface area contributed by atoms with Gasteiger partial charge in [-0.2, -0.15) is 0 Å². The molecule has 6 nitrogen and oxygen atoms in total. The first-order chi connectivity index (χ1) is 12.4. The number of aryl methyl sites for hydroxylation is 2. The van der Waals surface area contributed by atoms with Crippen molar-refractivity contribution in [3.8, 4) is 0 Å². The first-order valence-corrected chi connectivity index (χ1v) is 14.7. The quantitative estimate of drug-likeness (QED) is 0.374. The van der Waals surface area contributed by atoms with Gasteiger partial charge in [0.05, 0.1) is 5.69 Å². The molecular weight excluding hydrogens is 604 g/mol. The predicted octanol–water partition coefficient (Wildman–Crippen LogP) is 5.82. The lowest BCUT2D eigenvalue weighted by Crippen LogP contribution is -2.11. The molecule has 3 aromatic rings.